The van der Waals surface area contributed by atoms with E-state index in [4.69, 9.17) is 18.3 Å². The van der Waals surface area contributed by atoms with Crippen molar-refractivity contribution in [3.63, 3.8) is 0 Å². The van der Waals surface area contributed by atoms with Crippen LogP contribution in [0.25, 0.3) is 87.7 Å². The molecule has 70 heavy (non-hydrogen) atoms. The summed E-state index contributed by atoms with van der Waals surface area (Å²) in [6.45, 7) is 4.29. The van der Waals surface area contributed by atoms with E-state index in [0.29, 0.717) is 0 Å². The zero-order chi connectivity index (χ0) is 46.0. The molecular weight excluding hydrogens is 875 g/mol. The minimum absolute atomic E-state index is 0.849. The molecule has 0 unspecified atom stereocenters. The van der Waals surface area contributed by atoms with Gasteiger partial charge in [-0.25, -0.2) is 0 Å². The second-order valence-electron chi connectivity index (χ2n) is 19.3. The molecule has 328 valence electrons. The Morgan fingerprint density at radius 3 is 1.36 bits per heavy atom. The Morgan fingerprint density at radius 1 is 0.371 bits per heavy atom. The molecule has 5 nitrogen and oxygen atoms in total. The van der Waals surface area contributed by atoms with E-state index in [1.807, 2.05) is 0 Å². The van der Waals surface area contributed by atoms with Crippen molar-refractivity contribution in [1.29, 1.82) is 0 Å². The topological polar surface area (TPSA) is 48.0 Å². The summed E-state index contributed by atoms with van der Waals surface area (Å²) in [5.74, 6) is 3.47. The summed E-state index contributed by atoms with van der Waals surface area (Å²) in [7, 11) is -3.32. The highest BCUT2D eigenvalue weighted by Gasteiger charge is 2.60. The zero-order valence-corrected chi connectivity index (χ0v) is 39.1. The van der Waals surface area contributed by atoms with Gasteiger partial charge in [-0.3, -0.25) is 0 Å². The van der Waals surface area contributed by atoms with Crippen LogP contribution in [0, 0.1) is 13.8 Å². The summed E-state index contributed by atoms with van der Waals surface area (Å²) in [6, 6.07) is 72.8. The number of aryl methyl sites for hydroxylation is 2. The number of ether oxygens (including phenoxy) is 2. The Labute approximate surface area is 403 Å². The first-order valence-corrected chi connectivity index (χ1v) is 26.0. The van der Waals surface area contributed by atoms with E-state index in [1.165, 1.54) is 31.9 Å². The first-order valence-electron chi connectivity index (χ1n) is 24.0. The molecule has 0 amide bonds. The lowest BCUT2D eigenvalue weighted by Gasteiger charge is -2.51. The highest BCUT2D eigenvalue weighted by atomic mass is 28.3. The molecule has 0 fully saturated rings. The second kappa shape index (κ2) is 13.7. The number of rotatable bonds is 4. The van der Waals surface area contributed by atoms with Crippen molar-refractivity contribution in [1.82, 2.24) is 0 Å². The number of furan rings is 2. The molecule has 6 heteroatoms. The summed E-state index contributed by atoms with van der Waals surface area (Å²) < 4.78 is 28.1. The monoisotopic (exact) mass is 913 g/mol. The number of anilines is 3. The summed E-state index contributed by atoms with van der Waals surface area (Å²) in [6.07, 6.45) is 0. The maximum atomic E-state index is 7.52. The lowest BCUT2D eigenvalue weighted by molar-refractivity contribution is 0.464. The lowest BCUT2D eigenvalue weighted by Crippen LogP contribution is -2.79. The molecule has 0 saturated carbocycles. The largest absolute Gasteiger partial charge is 0.457 e. The zero-order valence-electron chi connectivity index (χ0n) is 38.1. The Morgan fingerprint density at radius 2 is 0.843 bits per heavy atom. The number of hydrogen-bond donors (Lipinski definition) is 0. The number of fused-ring (bicyclic) bond motifs is 8. The molecule has 0 spiro atoms. The van der Waals surface area contributed by atoms with Gasteiger partial charge in [0, 0.05) is 53.9 Å². The highest BCUT2D eigenvalue weighted by molar-refractivity contribution is 7.23. The number of benzene rings is 11. The van der Waals surface area contributed by atoms with Gasteiger partial charge < -0.3 is 23.2 Å². The van der Waals surface area contributed by atoms with Gasteiger partial charge in [-0.05, 0) is 154 Å². The van der Waals surface area contributed by atoms with Crippen molar-refractivity contribution in [2.75, 3.05) is 4.90 Å². The first-order chi connectivity index (χ1) is 34.5. The Balaban J connectivity index is 1.01. The molecule has 0 aliphatic carbocycles. The van der Waals surface area contributed by atoms with Gasteiger partial charge in [0.05, 0.1) is 11.4 Å². The molecule has 11 aromatic carbocycles. The summed E-state index contributed by atoms with van der Waals surface area (Å²) in [5, 5.41) is 13.9. The minimum atomic E-state index is -3.32. The van der Waals surface area contributed by atoms with Crippen molar-refractivity contribution in [2.45, 2.75) is 13.8 Å². The standard InChI is InChI=1S/C64H39NO4Si/c1-36-16-20-44(21-17-36)65-52-24-22-46(42-18-26-54-48(32-42)50-30-38-10-6-8-12-40(38)34-56(50)66-54)60-62(52)70(45-14-4-3-5-15-45)63-53(65)25-23-47(61(63)69-59-29-37(2)28-58(68-60)64(59)70)43-19-27-55-49(33-43)51-31-39-11-7-9-13-41(39)35-57(51)67-55/h3-35H,1-2H3. The molecule has 0 saturated heterocycles. The van der Waals surface area contributed by atoms with Crippen LogP contribution in [0.2, 0.25) is 0 Å². The Bertz CT molecular complexity index is 4220. The third-order valence-corrected chi connectivity index (χ3v) is 20.2. The van der Waals surface area contributed by atoms with Crippen LogP contribution in [0.3, 0.4) is 0 Å². The SMILES string of the molecule is Cc1ccc(N2c3ccc(-c4ccc5oc6cc7ccccc7cc6c5c4)c4c3[Si]3(c5ccccc5)c5c(cc(C)cc5Oc5c(-c6ccc7oc8cc9ccccc9cc8c7c6)ccc2c53)O4)cc1. The van der Waals surface area contributed by atoms with Crippen molar-refractivity contribution < 1.29 is 18.3 Å². The van der Waals surface area contributed by atoms with E-state index in [9.17, 15) is 0 Å². The number of nitrogens with zero attached hydrogens (tertiary/aromatic N) is 1. The maximum Gasteiger partial charge on any atom is 0.202 e. The van der Waals surface area contributed by atoms with Crippen LogP contribution >= 0.6 is 0 Å². The molecule has 0 radical (unpaired) electrons. The predicted molar refractivity (Wildman–Crippen MR) is 288 cm³/mol. The van der Waals surface area contributed by atoms with Crippen LogP contribution in [-0.4, -0.2) is 8.07 Å². The van der Waals surface area contributed by atoms with Crippen LogP contribution in [0.15, 0.2) is 209 Å². The average molecular weight is 914 g/mol. The van der Waals surface area contributed by atoms with Crippen molar-refractivity contribution in [2.24, 2.45) is 0 Å². The van der Waals surface area contributed by atoms with Gasteiger partial charge in [-0.2, -0.15) is 0 Å². The normalized spacial score (nSPS) is 13.9. The van der Waals surface area contributed by atoms with Gasteiger partial charge in [-0.15, -0.1) is 0 Å². The van der Waals surface area contributed by atoms with E-state index in [2.05, 4.69) is 219 Å². The van der Waals surface area contributed by atoms with E-state index in [0.717, 1.165) is 128 Å². The third kappa shape index (κ3) is 5.04. The van der Waals surface area contributed by atoms with Crippen molar-refractivity contribution in [3.8, 4) is 45.3 Å². The Kier molecular flexibility index (Phi) is 7.44. The van der Waals surface area contributed by atoms with Crippen LogP contribution in [0.5, 0.6) is 23.0 Å². The van der Waals surface area contributed by atoms with Gasteiger partial charge >= 0.3 is 0 Å². The maximum absolute atomic E-state index is 7.52. The van der Waals surface area contributed by atoms with E-state index >= 15 is 0 Å². The fourth-order valence-electron chi connectivity index (χ4n) is 12.2. The van der Waals surface area contributed by atoms with Crippen LogP contribution in [0.1, 0.15) is 11.1 Å². The summed E-state index contributed by atoms with van der Waals surface area (Å²) in [5.41, 5.74) is 13.3. The van der Waals surface area contributed by atoms with Crippen LogP contribution in [0.4, 0.5) is 17.1 Å². The first kappa shape index (κ1) is 38.2. The van der Waals surface area contributed by atoms with E-state index in [-0.39, 0.29) is 0 Å². The molecule has 16 rings (SSSR count). The predicted octanol–water partition coefficient (Wildman–Crippen LogP) is 15.1. The smallest absolute Gasteiger partial charge is 0.202 e. The van der Waals surface area contributed by atoms with Gasteiger partial charge in [0.2, 0.25) is 8.07 Å². The van der Waals surface area contributed by atoms with Crippen LogP contribution < -0.4 is 35.1 Å². The summed E-state index contributed by atoms with van der Waals surface area (Å²) >= 11 is 0. The third-order valence-electron chi connectivity index (χ3n) is 15.3. The van der Waals surface area contributed by atoms with Crippen molar-refractivity contribution in [3.05, 3.63) is 211 Å². The van der Waals surface area contributed by atoms with E-state index in [1.54, 1.807) is 0 Å². The van der Waals surface area contributed by atoms with Gasteiger partial charge in [0.15, 0.2) is 0 Å². The molecule has 13 aromatic rings. The Hall–Kier alpha value is -8.84. The van der Waals surface area contributed by atoms with E-state index < -0.39 is 8.07 Å². The average Bonchev–Trinajstić information content (AvgIpc) is 3.93. The molecule has 3 aliphatic rings. The van der Waals surface area contributed by atoms with Gasteiger partial charge in [-0.1, -0.05) is 109 Å². The molecule has 0 bridgehead atoms. The lowest BCUT2D eigenvalue weighted by atomic mass is 9.98. The highest BCUT2D eigenvalue weighted by Crippen LogP contribution is 2.53. The molecule has 0 atom stereocenters. The van der Waals surface area contributed by atoms with Gasteiger partial charge in [0.1, 0.15) is 45.3 Å². The molecule has 5 heterocycles. The molecular formula is C64H39NO4Si. The van der Waals surface area contributed by atoms with Crippen molar-refractivity contribution >= 4 is 111 Å². The quantitative estimate of drug-likeness (QED) is 0.165. The second-order valence-corrected chi connectivity index (χ2v) is 22.9. The molecule has 2 aromatic heterocycles. The fourth-order valence-corrected chi connectivity index (χ4v) is 17.7. The van der Waals surface area contributed by atoms with Crippen LogP contribution in [-0.2, 0) is 0 Å². The minimum Gasteiger partial charge on any atom is -0.457 e. The summed E-state index contributed by atoms with van der Waals surface area (Å²) in [4.78, 5) is 2.45. The fraction of sp³-hybridized carbons (Fsp3) is 0.0312. The molecule has 3 aliphatic heterocycles. The van der Waals surface area contributed by atoms with Gasteiger partial charge in [0.25, 0.3) is 0 Å². The molecule has 0 N–H and O–H groups in total. The number of hydrogen-bond acceptors (Lipinski definition) is 5.